The van der Waals surface area contributed by atoms with Crippen LogP contribution in [-0.2, 0) is 25.1 Å². The highest BCUT2D eigenvalue weighted by molar-refractivity contribution is 8.13. The summed E-state index contributed by atoms with van der Waals surface area (Å²) in [6, 6.07) is 0. The molecule has 0 aromatic carbocycles. The number of hydrogen-bond donors (Lipinski definition) is 0. The normalized spacial score (nSPS) is 11.9. The van der Waals surface area contributed by atoms with E-state index in [2.05, 4.69) is 5.10 Å². The summed E-state index contributed by atoms with van der Waals surface area (Å²) in [4.78, 5) is 0.0134. The van der Waals surface area contributed by atoms with Crippen LogP contribution < -0.4 is 0 Å². The van der Waals surface area contributed by atoms with Crippen molar-refractivity contribution in [2.24, 2.45) is 0 Å². The van der Waals surface area contributed by atoms with E-state index in [1.54, 1.807) is 7.11 Å². The van der Waals surface area contributed by atoms with Gasteiger partial charge in [-0.15, -0.1) is 0 Å². The highest BCUT2D eigenvalue weighted by atomic mass is 35.7. The van der Waals surface area contributed by atoms with Gasteiger partial charge in [-0.3, -0.25) is 4.68 Å². The van der Waals surface area contributed by atoms with Gasteiger partial charge in [-0.1, -0.05) is 0 Å². The lowest BCUT2D eigenvalue weighted by Crippen LogP contribution is -2.06. The molecule has 0 radical (unpaired) electrons. The number of rotatable bonds is 8. The zero-order chi connectivity index (χ0) is 12.7. The van der Waals surface area contributed by atoms with Gasteiger partial charge in [-0.2, -0.15) is 5.10 Å². The highest BCUT2D eigenvalue weighted by Crippen LogP contribution is 2.12. The van der Waals surface area contributed by atoms with E-state index < -0.39 is 9.05 Å². The summed E-state index contributed by atoms with van der Waals surface area (Å²) in [6.07, 6.45) is 3.37. The number of methoxy groups -OCH3 is 1. The van der Waals surface area contributed by atoms with E-state index in [1.807, 2.05) is 0 Å². The Hall–Kier alpha value is -0.630. The maximum atomic E-state index is 11.0. The lowest BCUT2D eigenvalue weighted by molar-refractivity contribution is 0.0677. The molecule has 0 N–H and O–H groups in total. The summed E-state index contributed by atoms with van der Waals surface area (Å²) in [7, 11) is 3.10. The average Bonchev–Trinajstić information content (AvgIpc) is 2.71. The van der Waals surface area contributed by atoms with E-state index >= 15 is 0 Å². The van der Waals surface area contributed by atoms with Crippen LogP contribution in [0.15, 0.2) is 17.3 Å². The van der Waals surface area contributed by atoms with Gasteiger partial charge >= 0.3 is 0 Å². The van der Waals surface area contributed by atoms with Crippen LogP contribution in [0.1, 0.15) is 6.42 Å². The molecule has 0 aliphatic heterocycles. The Kier molecular flexibility index (Phi) is 5.90. The molecule has 1 rings (SSSR count). The van der Waals surface area contributed by atoms with Gasteiger partial charge < -0.3 is 9.47 Å². The molecular formula is C9H15ClN2O4S. The van der Waals surface area contributed by atoms with Crippen molar-refractivity contribution in [3.05, 3.63) is 12.4 Å². The molecule has 8 heteroatoms. The second-order valence-electron chi connectivity index (χ2n) is 3.34. The second-order valence-corrected chi connectivity index (χ2v) is 5.90. The molecule has 1 aromatic heterocycles. The van der Waals surface area contributed by atoms with E-state index in [-0.39, 0.29) is 4.90 Å². The van der Waals surface area contributed by atoms with Crippen molar-refractivity contribution in [1.29, 1.82) is 0 Å². The van der Waals surface area contributed by atoms with E-state index in [0.29, 0.717) is 26.4 Å². The topological polar surface area (TPSA) is 70.4 Å². The molecule has 1 heterocycles. The van der Waals surface area contributed by atoms with Gasteiger partial charge in [0.25, 0.3) is 9.05 Å². The van der Waals surface area contributed by atoms with Crippen LogP contribution in [0, 0.1) is 0 Å². The van der Waals surface area contributed by atoms with Gasteiger partial charge in [0.1, 0.15) is 4.90 Å². The number of aryl methyl sites for hydroxylation is 1. The van der Waals surface area contributed by atoms with Gasteiger partial charge in [-0.25, -0.2) is 8.42 Å². The number of hydrogen-bond acceptors (Lipinski definition) is 5. The molecule has 0 saturated heterocycles. The Morgan fingerprint density at radius 1 is 1.41 bits per heavy atom. The molecule has 0 aliphatic rings. The Bertz CT molecular complexity index is 432. The zero-order valence-electron chi connectivity index (χ0n) is 9.50. The van der Waals surface area contributed by atoms with Gasteiger partial charge in [0.15, 0.2) is 0 Å². The Morgan fingerprint density at radius 2 is 2.18 bits per heavy atom. The predicted molar refractivity (Wildman–Crippen MR) is 62.6 cm³/mol. The van der Waals surface area contributed by atoms with E-state index in [0.717, 1.165) is 6.42 Å². The first-order chi connectivity index (χ1) is 8.04. The first kappa shape index (κ1) is 14.4. The molecule has 0 aliphatic carbocycles. The molecule has 0 bridgehead atoms. The van der Waals surface area contributed by atoms with Crippen LogP contribution in [0.2, 0.25) is 0 Å². The first-order valence-corrected chi connectivity index (χ1v) is 7.39. The van der Waals surface area contributed by atoms with E-state index in [9.17, 15) is 8.42 Å². The summed E-state index contributed by atoms with van der Waals surface area (Å²) >= 11 is 0. The smallest absolute Gasteiger partial charge is 0.264 e. The van der Waals surface area contributed by atoms with Crippen LogP contribution in [0.25, 0.3) is 0 Å². The molecule has 98 valence electrons. The third kappa shape index (κ3) is 5.49. The maximum absolute atomic E-state index is 11.0. The molecule has 17 heavy (non-hydrogen) atoms. The molecule has 0 fully saturated rings. The van der Waals surface area contributed by atoms with Gasteiger partial charge in [0, 0.05) is 37.1 Å². The SMILES string of the molecule is COCCOCCCn1cc(S(=O)(=O)Cl)cn1. The van der Waals surface area contributed by atoms with Crippen molar-refractivity contribution in [3.63, 3.8) is 0 Å². The molecule has 0 amide bonds. The van der Waals surface area contributed by atoms with E-state index in [1.165, 1.54) is 17.1 Å². The minimum Gasteiger partial charge on any atom is -0.382 e. The fraction of sp³-hybridized carbons (Fsp3) is 0.667. The number of nitrogens with zero attached hydrogens (tertiary/aromatic N) is 2. The second kappa shape index (κ2) is 6.95. The molecule has 0 unspecified atom stereocenters. The van der Waals surface area contributed by atoms with Crippen LogP contribution in [0.3, 0.4) is 0 Å². The van der Waals surface area contributed by atoms with Gasteiger partial charge in [-0.05, 0) is 6.42 Å². The molecule has 1 aromatic rings. The van der Waals surface area contributed by atoms with Crippen LogP contribution in [0.4, 0.5) is 0 Å². The van der Waals surface area contributed by atoms with Crippen molar-refractivity contribution in [3.8, 4) is 0 Å². The summed E-state index contributed by atoms with van der Waals surface area (Å²) < 4.78 is 33.5. The molecule has 0 saturated carbocycles. The quantitative estimate of drug-likeness (QED) is 0.522. The van der Waals surface area contributed by atoms with Crippen LogP contribution in [0.5, 0.6) is 0 Å². The number of halogens is 1. The van der Waals surface area contributed by atoms with Crippen molar-refractivity contribution in [1.82, 2.24) is 9.78 Å². The number of ether oxygens (including phenoxy) is 2. The summed E-state index contributed by atoms with van der Waals surface area (Å²) in [5.74, 6) is 0. The van der Waals surface area contributed by atoms with Crippen molar-refractivity contribution in [2.45, 2.75) is 17.9 Å². The monoisotopic (exact) mass is 282 g/mol. The standard InChI is InChI=1S/C9H15ClN2O4S/c1-15-5-6-16-4-2-3-12-8-9(7-11-12)17(10,13)14/h7-8H,2-6H2,1H3. The average molecular weight is 283 g/mol. The fourth-order valence-corrected chi connectivity index (χ4v) is 1.83. The predicted octanol–water partition coefficient (Wildman–Crippen LogP) is 0.864. The lowest BCUT2D eigenvalue weighted by atomic mass is 10.4. The van der Waals surface area contributed by atoms with Crippen LogP contribution in [-0.4, -0.2) is 45.1 Å². The summed E-state index contributed by atoms with van der Waals surface area (Å²) in [6.45, 7) is 2.28. The first-order valence-electron chi connectivity index (χ1n) is 5.08. The lowest BCUT2D eigenvalue weighted by Gasteiger charge is -2.03. The molecule has 0 spiro atoms. The molecular weight excluding hydrogens is 268 g/mol. The third-order valence-corrected chi connectivity index (χ3v) is 3.31. The van der Waals surface area contributed by atoms with Crippen molar-refractivity contribution in [2.75, 3.05) is 26.9 Å². The maximum Gasteiger partial charge on any atom is 0.264 e. The van der Waals surface area contributed by atoms with Gasteiger partial charge in [0.05, 0.1) is 19.4 Å². The summed E-state index contributed by atoms with van der Waals surface area (Å²) in [5, 5.41) is 3.89. The Balaban J connectivity index is 2.26. The largest absolute Gasteiger partial charge is 0.382 e. The zero-order valence-corrected chi connectivity index (χ0v) is 11.1. The van der Waals surface area contributed by atoms with Gasteiger partial charge in [0.2, 0.25) is 0 Å². The van der Waals surface area contributed by atoms with Crippen molar-refractivity contribution < 1.29 is 17.9 Å². The van der Waals surface area contributed by atoms with Crippen LogP contribution >= 0.6 is 10.7 Å². The fourth-order valence-electron chi connectivity index (χ4n) is 1.17. The van der Waals surface area contributed by atoms with E-state index in [4.69, 9.17) is 20.2 Å². The molecule has 6 nitrogen and oxygen atoms in total. The minimum atomic E-state index is -3.68. The summed E-state index contributed by atoms with van der Waals surface area (Å²) in [5.41, 5.74) is 0. The molecule has 0 atom stereocenters. The Labute approximate surface area is 105 Å². The minimum absolute atomic E-state index is 0.0134. The number of aromatic nitrogens is 2. The highest BCUT2D eigenvalue weighted by Gasteiger charge is 2.12. The third-order valence-electron chi connectivity index (χ3n) is 2.00. The Morgan fingerprint density at radius 3 is 2.76 bits per heavy atom. The van der Waals surface area contributed by atoms with Crippen molar-refractivity contribution >= 4 is 19.7 Å².